The van der Waals surface area contributed by atoms with Gasteiger partial charge in [0.25, 0.3) is 0 Å². The van der Waals surface area contributed by atoms with Crippen molar-refractivity contribution in [2.24, 2.45) is 0 Å². The van der Waals surface area contributed by atoms with E-state index in [0.29, 0.717) is 22.2 Å². The summed E-state index contributed by atoms with van der Waals surface area (Å²) in [4.78, 5) is 10.7. The number of hydrogen-bond donors (Lipinski definition) is 0. The second kappa shape index (κ2) is 6.85. The highest BCUT2D eigenvalue weighted by Crippen LogP contribution is 2.24. The van der Waals surface area contributed by atoms with E-state index in [4.69, 9.17) is 23.2 Å². The van der Waals surface area contributed by atoms with E-state index in [-0.39, 0.29) is 5.12 Å². The highest BCUT2D eigenvalue weighted by Gasteiger charge is 2.00. The minimum Gasteiger partial charge on any atom is -0.288 e. The van der Waals surface area contributed by atoms with Gasteiger partial charge in [-0.05, 0) is 12.1 Å². The average molecular weight is 273 g/mol. The molecule has 0 fully saturated rings. The lowest BCUT2D eigenvalue weighted by Crippen LogP contribution is -1.84. The Morgan fingerprint density at radius 2 is 2.19 bits per heavy atom. The third-order valence-electron chi connectivity index (χ3n) is 1.71. The molecule has 0 unspecified atom stereocenters. The van der Waals surface area contributed by atoms with Crippen LogP contribution in [-0.4, -0.2) is 10.9 Å². The van der Waals surface area contributed by atoms with Gasteiger partial charge in [0, 0.05) is 24.7 Å². The molecule has 0 saturated carbocycles. The Morgan fingerprint density at radius 1 is 1.44 bits per heavy atom. The summed E-state index contributed by atoms with van der Waals surface area (Å²) < 4.78 is 0. The number of carbonyl (C=O) groups is 1. The molecular formula is C12H10Cl2OS. The normalized spacial score (nSPS) is 9.44. The molecule has 1 aromatic rings. The third-order valence-corrected chi connectivity index (χ3v) is 3.34. The van der Waals surface area contributed by atoms with Crippen molar-refractivity contribution < 1.29 is 4.79 Å². The Bertz CT molecular complexity index is 446. The molecule has 0 atom stereocenters. The lowest BCUT2D eigenvalue weighted by atomic mass is 10.2. The molecule has 4 heteroatoms. The monoisotopic (exact) mass is 272 g/mol. The summed E-state index contributed by atoms with van der Waals surface area (Å²) in [6.45, 7) is 1.55. The van der Waals surface area contributed by atoms with E-state index in [1.54, 1.807) is 13.0 Å². The van der Waals surface area contributed by atoms with E-state index in [1.807, 2.05) is 12.1 Å². The minimum absolute atomic E-state index is 0.114. The summed E-state index contributed by atoms with van der Waals surface area (Å²) in [6.07, 6.45) is 0.660. The summed E-state index contributed by atoms with van der Waals surface area (Å²) in [5.74, 6) is 6.60. The van der Waals surface area contributed by atoms with Crippen LogP contribution in [0.1, 0.15) is 18.9 Å². The van der Waals surface area contributed by atoms with Crippen LogP contribution in [0.15, 0.2) is 18.2 Å². The quantitative estimate of drug-likeness (QED) is 0.598. The topological polar surface area (TPSA) is 17.1 Å². The van der Waals surface area contributed by atoms with Gasteiger partial charge in [-0.3, -0.25) is 4.79 Å². The Balaban J connectivity index is 2.56. The molecule has 0 aliphatic heterocycles. The van der Waals surface area contributed by atoms with Crippen molar-refractivity contribution in [1.82, 2.24) is 0 Å². The van der Waals surface area contributed by atoms with E-state index in [0.717, 1.165) is 5.56 Å². The van der Waals surface area contributed by atoms with Gasteiger partial charge in [0.15, 0.2) is 5.12 Å². The fourth-order valence-electron chi connectivity index (χ4n) is 1.00. The first-order valence-electron chi connectivity index (χ1n) is 4.67. The second-order valence-electron chi connectivity index (χ2n) is 2.99. The molecule has 1 rings (SSSR count). The van der Waals surface area contributed by atoms with Crippen LogP contribution in [0.3, 0.4) is 0 Å². The first-order chi connectivity index (χ1) is 7.61. The Hall–Kier alpha value is -0.620. The predicted octanol–water partition coefficient (Wildman–Crippen LogP) is 4.01. The molecule has 0 amide bonds. The van der Waals surface area contributed by atoms with Crippen LogP contribution in [-0.2, 0) is 4.79 Å². The fourth-order valence-corrected chi connectivity index (χ4v) is 1.84. The van der Waals surface area contributed by atoms with Crippen LogP contribution in [0.25, 0.3) is 0 Å². The highest BCUT2D eigenvalue weighted by atomic mass is 35.5. The maximum absolute atomic E-state index is 10.7. The number of rotatable bonds is 2. The van der Waals surface area contributed by atoms with Crippen LogP contribution in [0.2, 0.25) is 10.0 Å². The van der Waals surface area contributed by atoms with E-state index < -0.39 is 0 Å². The largest absolute Gasteiger partial charge is 0.288 e. The van der Waals surface area contributed by atoms with Gasteiger partial charge in [-0.2, -0.15) is 0 Å². The number of halogens is 2. The minimum atomic E-state index is 0.114. The van der Waals surface area contributed by atoms with Gasteiger partial charge in [0.1, 0.15) is 0 Å². The highest BCUT2D eigenvalue weighted by molar-refractivity contribution is 8.13. The van der Waals surface area contributed by atoms with E-state index in [2.05, 4.69) is 11.8 Å². The first kappa shape index (κ1) is 13.4. The van der Waals surface area contributed by atoms with Gasteiger partial charge in [-0.1, -0.05) is 52.9 Å². The molecule has 0 N–H and O–H groups in total. The number of hydrogen-bond acceptors (Lipinski definition) is 2. The van der Waals surface area contributed by atoms with Gasteiger partial charge in [-0.15, -0.1) is 0 Å². The van der Waals surface area contributed by atoms with Gasteiger partial charge in [0.2, 0.25) is 0 Å². The lowest BCUT2D eigenvalue weighted by molar-refractivity contribution is -0.109. The number of thioether (sulfide) groups is 1. The average Bonchev–Trinajstić information content (AvgIpc) is 2.23. The smallest absolute Gasteiger partial charge is 0.185 e. The third kappa shape index (κ3) is 4.49. The Kier molecular flexibility index (Phi) is 5.76. The molecule has 1 aromatic carbocycles. The van der Waals surface area contributed by atoms with Crippen molar-refractivity contribution in [2.45, 2.75) is 13.3 Å². The van der Waals surface area contributed by atoms with Crippen LogP contribution in [0, 0.1) is 11.8 Å². The zero-order valence-corrected chi connectivity index (χ0v) is 11.0. The summed E-state index contributed by atoms with van der Waals surface area (Å²) in [6, 6.07) is 5.35. The van der Waals surface area contributed by atoms with Gasteiger partial charge >= 0.3 is 0 Å². The second-order valence-corrected chi connectivity index (χ2v) is 5.05. The van der Waals surface area contributed by atoms with E-state index in [9.17, 15) is 4.79 Å². The first-order valence-corrected chi connectivity index (χ1v) is 6.41. The predicted molar refractivity (Wildman–Crippen MR) is 71.1 cm³/mol. The summed E-state index contributed by atoms with van der Waals surface area (Å²) in [5.41, 5.74) is 0.724. The van der Waals surface area contributed by atoms with Gasteiger partial charge < -0.3 is 0 Å². The van der Waals surface area contributed by atoms with Crippen LogP contribution >= 0.6 is 35.0 Å². The summed E-state index contributed by atoms with van der Waals surface area (Å²) in [7, 11) is 0. The van der Waals surface area contributed by atoms with Crippen molar-refractivity contribution in [3.8, 4) is 11.8 Å². The molecule has 0 aliphatic carbocycles. The fraction of sp³-hybridized carbons (Fsp3) is 0.250. The molecule has 1 nitrogen and oxygen atoms in total. The number of benzene rings is 1. The maximum atomic E-state index is 10.7. The zero-order chi connectivity index (χ0) is 12.0. The zero-order valence-electron chi connectivity index (χ0n) is 8.72. The van der Waals surface area contributed by atoms with Crippen molar-refractivity contribution in [3.63, 3.8) is 0 Å². The SMILES string of the molecule is CC(=O)SCCC#Cc1cccc(Cl)c1Cl. The Morgan fingerprint density at radius 3 is 2.88 bits per heavy atom. The number of carbonyl (C=O) groups excluding carboxylic acids is 1. The lowest BCUT2D eigenvalue weighted by Gasteiger charge is -1.97. The molecule has 0 aliphatic rings. The molecule has 0 spiro atoms. The maximum Gasteiger partial charge on any atom is 0.185 e. The van der Waals surface area contributed by atoms with E-state index >= 15 is 0 Å². The van der Waals surface area contributed by atoms with Crippen molar-refractivity contribution in [3.05, 3.63) is 33.8 Å². The molecule has 16 heavy (non-hydrogen) atoms. The molecule has 0 saturated heterocycles. The molecule has 0 aromatic heterocycles. The summed E-state index contributed by atoms with van der Waals surface area (Å²) >= 11 is 13.1. The van der Waals surface area contributed by atoms with Crippen molar-refractivity contribution in [1.29, 1.82) is 0 Å². The van der Waals surface area contributed by atoms with Crippen molar-refractivity contribution >= 4 is 40.1 Å². The van der Waals surface area contributed by atoms with Crippen LogP contribution in [0.5, 0.6) is 0 Å². The van der Waals surface area contributed by atoms with Crippen molar-refractivity contribution in [2.75, 3.05) is 5.75 Å². The van der Waals surface area contributed by atoms with Crippen LogP contribution < -0.4 is 0 Å². The summed E-state index contributed by atoms with van der Waals surface area (Å²) in [5, 5.41) is 1.10. The molecular weight excluding hydrogens is 263 g/mol. The van der Waals surface area contributed by atoms with Gasteiger partial charge in [0.05, 0.1) is 10.0 Å². The molecule has 84 valence electrons. The standard InChI is InChI=1S/C12H10Cl2OS/c1-9(15)16-8-3-2-5-10-6-4-7-11(13)12(10)14/h4,6-7H,3,8H2,1H3. The van der Waals surface area contributed by atoms with E-state index in [1.165, 1.54) is 11.8 Å². The van der Waals surface area contributed by atoms with Gasteiger partial charge in [-0.25, -0.2) is 0 Å². The molecule has 0 bridgehead atoms. The molecule has 0 heterocycles. The molecule has 0 radical (unpaired) electrons. The Labute approximate surface area is 110 Å². The van der Waals surface area contributed by atoms with Crippen LogP contribution in [0.4, 0.5) is 0 Å².